The number of aryl methyl sites for hydroxylation is 1. The summed E-state index contributed by atoms with van der Waals surface area (Å²) in [5.74, 6) is 1.07. The molecular weight excluding hydrogens is 352 g/mol. The number of piperazine rings is 1. The standard InChI is InChI=1S/C18H22N4O3S/c1-3-25-18(24)22-10-8-21(9-11-22)16(23)12-26-17-14-6-4-5-7-15(14)19-13(2)20-17/h4-7H,3,8-12H2,1-2H3. The van der Waals surface area contributed by atoms with Gasteiger partial charge < -0.3 is 14.5 Å². The van der Waals surface area contributed by atoms with Crippen molar-refractivity contribution in [1.29, 1.82) is 0 Å². The Morgan fingerprint density at radius 1 is 1.12 bits per heavy atom. The molecule has 1 fully saturated rings. The fourth-order valence-electron chi connectivity index (χ4n) is 2.84. The summed E-state index contributed by atoms with van der Waals surface area (Å²) in [6.45, 7) is 6.07. The summed E-state index contributed by atoms with van der Waals surface area (Å²) in [6, 6.07) is 7.81. The third-order valence-electron chi connectivity index (χ3n) is 4.17. The molecule has 7 nitrogen and oxygen atoms in total. The molecule has 1 aromatic carbocycles. The molecule has 0 saturated carbocycles. The van der Waals surface area contributed by atoms with E-state index in [9.17, 15) is 9.59 Å². The second-order valence-corrected chi connectivity index (χ2v) is 6.91. The first-order valence-electron chi connectivity index (χ1n) is 8.64. The second kappa shape index (κ2) is 8.35. The number of rotatable bonds is 4. The topological polar surface area (TPSA) is 75.6 Å². The molecule has 1 saturated heterocycles. The number of fused-ring (bicyclic) bond motifs is 1. The van der Waals surface area contributed by atoms with E-state index in [4.69, 9.17) is 4.74 Å². The van der Waals surface area contributed by atoms with Crippen LogP contribution < -0.4 is 0 Å². The molecule has 8 heteroatoms. The number of nitrogens with zero attached hydrogens (tertiary/aromatic N) is 4. The quantitative estimate of drug-likeness (QED) is 0.604. The van der Waals surface area contributed by atoms with Gasteiger partial charge in [-0.2, -0.15) is 0 Å². The van der Waals surface area contributed by atoms with E-state index in [1.165, 1.54) is 11.8 Å². The normalized spacial score (nSPS) is 14.5. The Morgan fingerprint density at radius 3 is 2.54 bits per heavy atom. The number of amides is 2. The largest absolute Gasteiger partial charge is 0.450 e. The minimum Gasteiger partial charge on any atom is -0.450 e. The van der Waals surface area contributed by atoms with Crippen LogP contribution in [0, 0.1) is 6.92 Å². The fourth-order valence-corrected chi connectivity index (χ4v) is 3.81. The molecular formula is C18H22N4O3S. The van der Waals surface area contributed by atoms with E-state index in [1.54, 1.807) is 16.7 Å². The highest BCUT2D eigenvalue weighted by molar-refractivity contribution is 8.00. The van der Waals surface area contributed by atoms with Crippen LogP contribution >= 0.6 is 11.8 Å². The monoisotopic (exact) mass is 374 g/mol. The van der Waals surface area contributed by atoms with Crippen LogP contribution in [0.25, 0.3) is 10.9 Å². The van der Waals surface area contributed by atoms with E-state index in [2.05, 4.69) is 9.97 Å². The van der Waals surface area contributed by atoms with Crippen molar-refractivity contribution < 1.29 is 14.3 Å². The number of hydrogen-bond donors (Lipinski definition) is 0. The first kappa shape index (κ1) is 18.4. The average molecular weight is 374 g/mol. The van der Waals surface area contributed by atoms with Crippen LogP contribution in [-0.4, -0.2) is 70.3 Å². The van der Waals surface area contributed by atoms with Gasteiger partial charge in [-0.15, -0.1) is 0 Å². The Kier molecular flexibility index (Phi) is 5.92. The smallest absolute Gasteiger partial charge is 0.409 e. The first-order valence-corrected chi connectivity index (χ1v) is 9.62. The van der Waals surface area contributed by atoms with Crippen LogP contribution in [0.15, 0.2) is 29.3 Å². The van der Waals surface area contributed by atoms with E-state index in [1.807, 2.05) is 31.2 Å². The number of aromatic nitrogens is 2. The maximum atomic E-state index is 12.5. The third kappa shape index (κ3) is 4.24. The van der Waals surface area contributed by atoms with E-state index in [-0.39, 0.29) is 12.0 Å². The predicted molar refractivity (Wildman–Crippen MR) is 100 cm³/mol. The van der Waals surface area contributed by atoms with Gasteiger partial charge in [-0.1, -0.05) is 30.0 Å². The van der Waals surface area contributed by atoms with Gasteiger partial charge in [0.1, 0.15) is 10.9 Å². The van der Waals surface area contributed by atoms with Gasteiger partial charge in [0.2, 0.25) is 5.91 Å². The summed E-state index contributed by atoms with van der Waals surface area (Å²) >= 11 is 1.43. The summed E-state index contributed by atoms with van der Waals surface area (Å²) in [5.41, 5.74) is 0.887. The number of carbonyl (C=O) groups excluding carboxylic acids is 2. The van der Waals surface area contributed by atoms with Gasteiger partial charge in [-0.25, -0.2) is 14.8 Å². The van der Waals surface area contributed by atoms with Gasteiger partial charge in [0, 0.05) is 31.6 Å². The summed E-state index contributed by atoms with van der Waals surface area (Å²) in [7, 11) is 0. The zero-order valence-electron chi connectivity index (χ0n) is 15.0. The molecule has 0 bridgehead atoms. The van der Waals surface area contributed by atoms with Crippen molar-refractivity contribution in [3.63, 3.8) is 0 Å². The zero-order chi connectivity index (χ0) is 18.5. The summed E-state index contributed by atoms with van der Waals surface area (Å²) in [5, 5.41) is 1.79. The Labute approximate surface area is 156 Å². The molecule has 2 aromatic rings. The minimum atomic E-state index is -0.308. The number of carbonyl (C=O) groups is 2. The van der Waals surface area contributed by atoms with E-state index in [0.29, 0.717) is 44.4 Å². The van der Waals surface area contributed by atoms with Crippen LogP contribution in [0.2, 0.25) is 0 Å². The lowest BCUT2D eigenvalue weighted by Crippen LogP contribution is -2.51. The highest BCUT2D eigenvalue weighted by atomic mass is 32.2. The lowest BCUT2D eigenvalue weighted by atomic mass is 10.2. The molecule has 0 aliphatic carbocycles. The molecule has 3 rings (SSSR count). The zero-order valence-corrected chi connectivity index (χ0v) is 15.8. The molecule has 2 amide bonds. The van der Waals surface area contributed by atoms with Crippen LogP contribution in [0.4, 0.5) is 4.79 Å². The summed E-state index contributed by atoms with van der Waals surface area (Å²) in [6.07, 6.45) is -0.308. The Hall–Kier alpha value is -2.35. The summed E-state index contributed by atoms with van der Waals surface area (Å²) in [4.78, 5) is 36.6. The van der Waals surface area contributed by atoms with E-state index < -0.39 is 0 Å². The third-order valence-corrected chi connectivity index (χ3v) is 5.15. The van der Waals surface area contributed by atoms with Crippen molar-refractivity contribution in [3.05, 3.63) is 30.1 Å². The fraction of sp³-hybridized carbons (Fsp3) is 0.444. The molecule has 0 radical (unpaired) electrons. The number of thioether (sulfide) groups is 1. The van der Waals surface area contributed by atoms with Crippen LogP contribution in [0.5, 0.6) is 0 Å². The number of ether oxygens (including phenoxy) is 1. The maximum absolute atomic E-state index is 12.5. The molecule has 1 aliphatic rings. The lowest BCUT2D eigenvalue weighted by Gasteiger charge is -2.34. The molecule has 1 aromatic heterocycles. The maximum Gasteiger partial charge on any atom is 0.409 e. The van der Waals surface area contributed by atoms with E-state index in [0.717, 1.165) is 15.9 Å². The van der Waals surface area contributed by atoms with Crippen LogP contribution in [0.3, 0.4) is 0 Å². The van der Waals surface area contributed by atoms with E-state index >= 15 is 0 Å². The molecule has 0 spiro atoms. The van der Waals surface area contributed by atoms with Crippen LogP contribution in [-0.2, 0) is 9.53 Å². The van der Waals surface area contributed by atoms with Gasteiger partial charge in [-0.05, 0) is 19.9 Å². The number of hydrogen-bond acceptors (Lipinski definition) is 6. The minimum absolute atomic E-state index is 0.0545. The molecule has 138 valence electrons. The van der Waals surface area contributed by atoms with Crippen molar-refractivity contribution >= 4 is 34.7 Å². The van der Waals surface area contributed by atoms with Gasteiger partial charge in [-0.3, -0.25) is 4.79 Å². The van der Waals surface area contributed by atoms with Crippen molar-refractivity contribution in [1.82, 2.24) is 19.8 Å². The Morgan fingerprint density at radius 2 is 1.81 bits per heavy atom. The molecule has 0 N–H and O–H groups in total. The average Bonchev–Trinajstić information content (AvgIpc) is 2.66. The molecule has 1 aliphatic heterocycles. The second-order valence-electron chi connectivity index (χ2n) is 5.95. The summed E-state index contributed by atoms with van der Waals surface area (Å²) < 4.78 is 5.00. The van der Waals surface area contributed by atoms with Gasteiger partial charge >= 0.3 is 6.09 Å². The number of para-hydroxylation sites is 1. The Bertz CT molecular complexity index is 806. The predicted octanol–water partition coefficient (Wildman–Crippen LogP) is 2.33. The van der Waals surface area contributed by atoms with Gasteiger partial charge in [0.25, 0.3) is 0 Å². The van der Waals surface area contributed by atoms with Crippen molar-refractivity contribution in [2.45, 2.75) is 18.9 Å². The molecule has 0 atom stereocenters. The van der Waals surface area contributed by atoms with Crippen molar-refractivity contribution in [3.8, 4) is 0 Å². The highest BCUT2D eigenvalue weighted by Crippen LogP contribution is 2.25. The highest BCUT2D eigenvalue weighted by Gasteiger charge is 2.25. The first-order chi connectivity index (χ1) is 12.6. The molecule has 2 heterocycles. The lowest BCUT2D eigenvalue weighted by molar-refractivity contribution is -0.129. The molecule has 0 unspecified atom stereocenters. The Balaban J connectivity index is 1.58. The van der Waals surface area contributed by atoms with Crippen LogP contribution in [0.1, 0.15) is 12.7 Å². The molecule has 26 heavy (non-hydrogen) atoms. The van der Waals surface area contributed by atoms with Gasteiger partial charge in [0.05, 0.1) is 17.9 Å². The van der Waals surface area contributed by atoms with Gasteiger partial charge in [0.15, 0.2) is 0 Å². The SMILES string of the molecule is CCOC(=O)N1CCN(C(=O)CSc2nc(C)nc3ccccc23)CC1. The number of benzene rings is 1. The van der Waals surface area contributed by atoms with Crippen molar-refractivity contribution in [2.75, 3.05) is 38.5 Å². The van der Waals surface area contributed by atoms with Crippen molar-refractivity contribution in [2.24, 2.45) is 0 Å².